The fourth-order valence-corrected chi connectivity index (χ4v) is 2.68. The maximum atomic E-state index is 13.9. The Morgan fingerprint density at radius 3 is 2.83 bits per heavy atom. The first-order chi connectivity index (χ1) is 8.41. The van der Waals surface area contributed by atoms with Gasteiger partial charge in [-0.25, -0.2) is 4.39 Å². The smallest absolute Gasteiger partial charge is 0.130 e. The number of hydrogen-bond donors (Lipinski definition) is 2. The van der Waals surface area contributed by atoms with E-state index in [1.54, 1.807) is 13.0 Å². The molecule has 3 nitrogen and oxygen atoms in total. The van der Waals surface area contributed by atoms with Crippen LogP contribution in [-0.2, 0) is 0 Å². The van der Waals surface area contributed by atoms with Crippen LogP contribution in [0.2, 0.25) is 0 Å². The van der Waals surface area contributed by atoms with Gasteiger partial charge in [0.25, 0.3) is 0 Å². The van der Waals surface area contributed by atoms with Crippen LogP contribution >= 0.6 is 0 Å². The van der Waals surface area contributed by atoms with Gasteiger partial charge in [-0.15, -0.1) is 0 Å². The van der Waals surface area contributed by atoms with Gasteiger partial charge in [0.15, 0.2) is 0 Å². The summed E-state index contributed by atoms with van der Waals surface area (Å²) >= 11 is 0. The molecule has 3 N–H and O–H groups in total. The van der Waals surface area contributed by atoms with E-state index in [2.05, 4.69) is 0 Å². The molecule has 100 valence electrons. The molecule has 1 aliphatic heterocycles. The maximum absolute atomic E-state index is 13.9. The summed E-state index contributed by atoms with van der Waals surface area (Å²) in [7, 11) is 0. The fourth-order valence-electron chi connectivity index (χ4n) is 2.68. The Morgan fingerprint density at radius 1 is 1.50 bits per heavy atom. The summed E-state index contributed by atoms with van der Waals surface area (Å²) in [4.78, 5) is 2.03. The van der Waals surface area contributed by atoms with Gasteiger partial charge in [0.1, 0.15) is 5.82 Å². The highest BCUT2D eigenvalue weighted by Gasteiger charge is 2.30. The van der Waals surface area contributed by atoms with Gasteiger partial charge in [-0.3, -0.25) is 0 Å². The van der Waals surface area contributed by atoms with E-state index in [9.17, 15) is 9.50 Å². The number of piperidine rings is 1. The standard InChI is InChI=1S/C14H21FN2O/c1-10(16)13-11(15)5-3-6-12(13)17-8-4-7-14(2,18)9-17/h3,5-6,10,18H,4,7-9,16H2,1-2H3. The summed E-state index contributed by atoms with van der Waals surface area (Å²) in [5.41, 5.74) is 6.50. The van der Waals surface area contributed by atoms with Crippen molar-refractivity contribution in [3.8, 4) is 0 Å². The van der Waals surface area contributed by atoms with Crippen LogP contribution in [0.4, 0.5) is 10.1 Å². The Kier molecular flexibility index (Phi) is 3.59. The second-order valence-corrected chi connectivity index (χ2v) is 5.48. The first-order valence-corrected chi connectivity index (χ1v) is 6.42. The van der Waals surface area contributed by atoms with Gasteiger partial charge in [-0.2, -0.15) is 0 Å². The van der Waals surface area contributed by atoms with Crippen LogP contribution in [0.1, 0.15) is 38.3 Å². The highest BCUT2D eigenvalue weighted by atomic mass is 19.1. The summed E-state index contributed by atoms with van der Waals surface area (Å²) < 4.78 is 13.9. The molecule has 1 aliphatic rings. The zero-order valence-electron chi connectivity index (χ0n) is 11.0. The van der Waals surface area contributed by atoms with Crippen LogP contribution < -0.4 is 10.6 Å². The Balaban J connectivity index is 2.36. The minimum absolute atomic E-state index is 0.271. The van der Waals surface area contributed by atoms with Gasteiger partial charge in [-0.1, -0.05) is 6.07 Å². The third kappa shape index (κ3) is 2.65. The number of rotatable bonds is 2. The van der Waals surface area contributed by atoms with Crippen molar-refractivity contribution >= 4 is 5.69 Å². The molecule has 2 unspecified atom stereocenters. The van der Waals surface area contributed by atoms with Crippen molar-refractivity contribution in [1.82, 2.24) is 0 Å². The molecule has 0 saturated carbocycles. The minimum atomic E-state index is -0.709. The fraction of sp³-hybridized carbons (Fsp3) is 0.571. The van der Waals surface area contributed by atoms with Crippen molar-refractivity contribution in [2.45, 2.75) is 38.3 Å². The van der Waals surface area contributed by atoms with Gasteiger partial charge in [-0.05, 0) is 38.8 Å². The summed E-state index contributed by atoms with van der Waals surface area (Å²) in [6, 6.07) is 4.65. The summed E-state index contributed by atoms with van der Waals surface area (Å²) in [5.74, 6) is -0.271. The molecule has 0 radical (unpaired) electrons. The Hall–Kier alpha value is -1.13. The van der Waals surface area contributed by atoms with Crippen LogP contribution in [0.5, 0.6) is 0 Å². The summed E-state index contributed by atoms with van der Waals surface area (Å²) in [6.07, 6.45) is 1.69. The molecule has 1 fully saturated rings. The molecule has 1 aromatic rings. The number of aliphatic hydroxyl groups is 1. The highest BCUT2D eigenvalue weighted by molar-refractivity contribution is 5.56. The topological polar surface area (TPSA) is 49.5 Å². The normalized spacial score (nSPS) is 26.2. The number of benzene rings is 1. The lowest BCUT2D eigenvalue weighted by Crippen LogP contribution is -2.46. The minimum Gasteiger partial charge on any atom is -0.388 e. The predicted octanol–water partition coefficient (Wildman–Crippen LogP) is 2.20. The van der Waals surface area contributed by atoms with Gasteiger partial charge >= 0.3 is 0 Å². The molecule has 0 spiro atoms. The Bertz CT molecular complexity index is 432. The molecule has 4 heteroatoms. The lowest BCUT2D eigenvalue weighted by molar-refractivity contribution is 0.0448. The van der Waals surface area contributed by atoms with Crippen LogP contribution in [-0.4, -0.2) is 23.8 Å². The molecular formula is C14H21FN2O. The SMILES string of the molecule is CC(N)c1c(F)cccc1N1CCCC(C)(O)C1. The number of β-amino-alcohol motifs (C(OH)–C–C–N with tert-alkyl or cyclic N) is 1. The van der Waals surface area contributed by atoms with E-state index in [1.165, 1.54) is 6.07 Å². The van der Waals surface area contributed by atoms with Crippen molar-refractivity contribution in [3.63, 3.8) is 0 Å². The average Bonchev–Trinajstić information content (AvgIpc) is 2.26. The molecule has 1 aromatic carbocycles. The van der Waals surface area contributed by atoms with Gasteiger partial charge in [0.2, 0.25) is 0 Å². The predicted molar refractivity (Wildman–Crippen MR) is 71.1 cm³/mol. The number of hydrogen-bond acceptors (Lipinski definition) is 3. The van der Waals surface area contributed by atoms with Gasteiger partial charge in [0.05, 0.1) is 5.60 Å². The molecule has 2 rings (SSSR count). The van der Waals surface area contributed by atoms with Crippen molar-refractivity contribution in [1.29, 1.82) is 0 Å². The summed E-state index contributed by atoms with van der Waals surface area (Å²) in [6.45, 7) is 4.96. The molecule has 1 heterocycles. The Labute approximate surface area is 107 Å². The first kappa shape index (κ1) is 13.3. The summed E-state index contributed by atoms with van der Waals surface area (Å²) in [5, 5.41) is 10.1. The number of anilines is 1. The third-order valence-corrected chi connectivity index (χ3v) is 3.50. The van der Waals surface area contributed by atoms with E-state index >= 15 is 0 Å². The zero-order chi connectivity index (χ0) is 13.3. The van der Waals surface area contributed by atoms with Crippen LogP contribution in [0.15, 0.2) is 18.2 Å². The second kappa shape index (κ2) is 4.86. The lowest BCUT2D eigenvalue weighted by Gasteiger charge is -2.39. The Morgan fingerprint density at radius 2 is 2.22 bits per heavy atom. The van der Waals surface area contributed by atoms with E-state index in [-0.39, 0.29) is 11.9 Å². The van der Waals surface area contributed by atoms with Crippen LogP contribution in [0.25, 0.3) is 0 Å². The van der Waals surface area contributed by atoms with E-state index < -0.39 is 5.60 Å². The van der Waals surface area contributed by atoms with E-state index in [4.69, 9.17) is 5.73 Å². The molecule has 1 saturated heterocycles. The van der Waals surface area contributed by atoms with Gasteiger partial charge < -0.3 is 15.7 Å². The highest BCUT2D eigenvalue weighted by Crippen LogP contribution is 2.32. The molecule has 0 aliphatic carbocycles. The second-order valence-electron chi connectivity index (χ2n) is 5.48. The number of nitrogens with two attached hydrogens (primary N) is 1. The zero-order valence-corrected chi connectivity index (χ0v) is 11.0. The first-order valence-electron chi connectivity index (χ1n) is 6.42. The molecular weight excluding hydrogens is 231 g/mol. The molecule has 2 atom stereocenters. The number of nitrogens with zero attached hydrogens (tertiary/aromatic N) is 1. The van der Waals surface area contributed by atoms with Crippen LogP contribution in [0.3, 0.4) is 0 Å². The quantitative estimate of drug-likeness (QED) is 0.848. The van der Waals surface area contributed by atoms with Crippen molar-refractivity contribution in [2.75, 3.05) is 18.0 Å². The monoisotopic (exact) mass is 252 g/mol. The van der Waals surface area contributed by atoms with Crippen molar-refractivity contribution < 1.29 is 9.50 Å². The molecule has 0 aromatic heterocycles. The lowest BCUT2D eigenvalue weighted by atomic mass is 9.93. The van der Waals surface area contributed by atoms with Crippen molar-refractivity contribution in [3.05, 3.63) is 29.6 Å². The largest absolute Gasteiger partial charge is 0.388 e. The van der Waals surface area contributed by atoms with E-state index in [0.717, 1.165) is 25.1 Å². The molecule has 0 bridgehead atoms. The average molecular weight is 252 g/mol. The van der Waals surface area contributed by atoms with Crippen LogP contribution in [0, 0.1) is 5.82 Å². The van der Waals surface area contributed by atoms with Crippen molar-refractivity contribution in [2.24, 2.45) is 5.73 Å². The van der Waals surface area contributed by atoms with Gasteiger partial charge in [0, 0.05) is 30.4 Å². The third-order valence-electron chi connectivity index (χ3n) is 3.50. The van der Waals surface area contributed by atoms with E-state index in [0.29, 0.717) is 12.1 Å². The van der Waals surface area contributed by atoms with E-state index in [1.807, 2.05) is 17.9 Å². The molecule has 18 heavy (non-hydrogen) atoms. The number of halogens is 1. The maximum Gasteiger partial charge on any atom is 0.130 e. The molecule has 0 amide bonds.